The molecule has 1 amide bonds. The van der Waals surface area contributed by atoms with Crippen molar-refractivity contribution < 1.29 is 9.32 Å². The molecule has 2 heterocycles. The first-order valence-electron chi connectivity index (χ1n) is 7.64. The highest BCUT2D eigenvalue weighted by molar-refractivity contribution is 14.1. The van der Waals surface area contributed by atoms with Crippen LogP contribution in [-0.2, 0) is 6.42 Å². The fourth-order valence-corrected chi connectivity index (χ4v) is 2.92. The monoisotopic (exact) mass is 436 g/mol. The summed E-state index contributed by atoms with van der Waals surface area (Å²) in [6, 6.07) is 11.7. The van der Waals surface area contributed by atoms with Gasteiger partial charge < -0.3 is 14.4 Å². The highest BCUT2D eigenvalue weighted by Crippen LogP contribution is 2.15. The minimum absolute atomic E-state index is 0.0967. The molecule has 3 aromatic rings. The van der Waals surface area contributed by atoms with Crippen molar-refractivity contribution in [1.82, 2.24) is 20.0 Å². The number of amides is 1. The summed E-state index contributed by atoms with van der Waals surface area (Å²) < 4.78 is 8.07. The van der Waals surface area contributed by atoms with Crippen molar-refractivity contribution >= 4 is 28.5 Å². The highest BCUT2D eigenvalue weighted by atomic mass is 127. The number of rotatable bonds is 6. The molecule has 1 N–H and O–H groups in total. The Labute approximate surface area is 153 Å². The van der Waals surface area contributed by atoms with Crippen LogP contribution in [0.3, 0.4) is 0 Å². The Morgan fingerprint density at radius 2 is 2.21 bits per heavy atom. The fourth-order valence-electron chi connectivity index (χ4n) is 2.39. The van der Waals surface area contributed by atoms with Gasteiger partial charge in [0.1, 0.15) is 5.69 Å². The average molecular weight is 436 g/mol. The van der Waals surface area contributed by atoms with E-state index in [-0.39, 0.29) is 5.91 Å². The first kappa shape index (κ1) is 16.7. The predicted molar refractivity (Wildman–Crippen MR) is 98.2 cm³/mol. The van der Waals surface area contributed by atoms with Crippen molar-refractivity contribution in [1.29, 1.82) is 0 Å². The summed E-state index contributed by atoms with van der Waals surface area (Å²) in [5.74, 6) is 1.13. The van der Waals surface area contributed by atoms with Gasteiger partial charge in [0.25, 0.3) is 5.91 Å². The van der Waals surface area contributed by atoms with Gasteiger partial charge in [-0.25, -0.2) is 0 Å². The molecule has 0 saturated carbocycles. The minimum Gasteiger partial charge on any atom is -0.351 e. The van der Waals surface area contributed by atoms with E-state index in [1.165, 1.54) is 0 Å². The van der Waals surface area contributed by atoms with Crippen LogP contribution in [0.4, 0.5) is 0 Å². The van der Waals surface area contributed by atoms with Crippen LogP contribution in [0.2, 0.25) is 0 Å². The molecule has 0 bridgehead atoms. The molecule has 3 rings (SSSR count). The number of aromatic nitrogens is 3. The molecule has 124 valence electrons. The molecule has 0 atom stereocenters. The van der Waals surface area contributed by atoms with Crippen molar-refractivity contribution in [2.45, 2.75) is 19.8 Å². The van der Waals surface area contributed by atoms with E-state index in [1.54, 1.807) is 6.92 Å². The van der Waals surface area contributed by atoms with Gasteiger partial charge in [-0.1, -0.05) is 11.2 Å². The lowest BCUT2D eigenvalue weighted by molar-refractivity contribution is 0.0946. The van der Waals surface area contributed by atoms with E-state index in [2.05, 4.69) is 38.0 Å². The SMILES string of the molecule is Cc1noc(CCCNC(=O)c2cccn2-c2cccc(I)c2)n1. The number of hydrogen-bond acceptors (Lipinski definition) is 4. The number of carbonyl (C=O) groups excluding carboxylic acids is 1. The Hall–Kier alpha value is -2.16. The largest absolute Gasteiger partial charge is 0.351 e. The van der Waals surface area contributed by atoms with E-state index in [9.17, 15) is 4.79 Å². The van der Waals surface area contributed by atoms with Crippen LogP contribution in [0.25, 0.3) is 5.69 Å². The molecule has 0 aliphatic rings. The number of hydrogen-bond donors (Lipinski definition) is 1. The Morgan fingerprint density at radius 1 is 1.33 bits per heavy atom. The second-order valence-electron chi connectivity index (χ2n) is 5.34. The molecular formula is C17H17IN4O2. The normalized spacial score (nSPS) is 10.8. The van der Waals surface area contributed by atoms with Gasteiger partial charge in [0.05, 0.1) is 0 Å². The fraction of sp³-hybridized carbons (Fsp3) is 0.235. The van der Waals surface area contributed by atoms with Crippen LogP contribution in [-0.4, -0.2) is 27.2 Å². The molecule has 0 aliphatic heterocycles. The number of nitrogens with zero attached hydrogens (tertiary/aromatic N) is 3. The lowest BCUT2D eigenvalue weighted by atomic mass is 10.3. The molecule has 0 unspecified atom stereocenters. The smallest absolute Gasteiger partial charge is 0.268 e. The molecule has 0 fully saturated rings. The number of aryl methyl sites for hydroxylation is 2. The molecule has 0 aliphatic carbocycles. The molecule has 0 saturated heterocycles. The van der Waals surface area contributed by atoms with E-state index in [4.69, 9.17) is 4.52 Å². The van der Waals surface area contributed by atoms with Crippen molar-refractivity contribution in [2.75, 3.05) is 6.54 Å². The van der Waals surface area contributed by atoms with E-state index in [0.29, 0.717) is 30.4 Å². The van der Waals surface area contributed by atoms with Gasteiger partial charge in [-0.15, -0.1) is 0 Å². The molecule has 6 nitrogen and oxygen atoms in total. The number of carbonyl (C=O) groups is 1. The van der Waals surface area contributed by atoms with Crippen LogP contribution in [0, 0.1) is 10.5 Å². The van der Waals surface area contributed by atoms with Gasteiger partial charge >= 0.3 is 0 Å². The minimum atomic E-state index is -0.0967. The zero-order valence-corrected chi connectivity index (χ0v) is 15.4. The second-order valence-corrected chi connectivity index (χ2v) is 6.58. The molecule has 0 spiro atoms. The Kier molecular flexibility index (Phi) is 5.29. The quantitative estimate of drug-likeness (QED) is 0.476. The molecule has 2 aromatic heterocycles. The van der Waals surface area contributed by atoms with Crippen molar-refractivity contribution in [3.63, 3.8) is 0 Å². The average Bonchev–Trinajstić information content (AvgIpc) is 3.20. The molecule has 24 heavy (non-hydrogen) atoms. The van der Waals surface area contributed by atoms with E-state index < -0.39 is 0 Å². The summed E-state index contributed by atoms with van der Waals surface area (Å²) in [6.07, 6.45) is 3.29. The van der Waals surface area contributed by atoms with Gasteiger partial charge in [-0.3, -0.25) is 4.79 Å². The van der Waals surface area contributed by atoms with E-state index in [1.807, 2.05) is 47.2 Å². The molecular weight excluding hydrogens is 419 g/mol. The number of nitrogens with one attached hydrogen (secondary N) is 1. The van der Waals surface area contributed by atoms with Crippen LogP contribution in [0.15, 0.2) is 47.1 Å². The van der Waals surface area contributed by atoms with Gasteiger partial charge in [-0.2, -0.15) is 4.98 Å². The van der Waals surface area contributed by atoms with Crippen LogP contribution >= 0.6 is 22.6 Å². The van der Waals surface area contributed by atoms with Gasteiger partial charge in [0, 0.05) is 28.4 Å². The van der Waals surface area contributed by atoms with E-state index >= 15 is 0 Å². The summed E-state index contributed by atoms with van der Waals surface area (Å²) >= 11 is 2.26. The third kappa shape index (κ3) is 4.02. The van der Waals surface area contributed by atoms with Gasteiger partial charge in [0.15, 0.2) is 5.82 Å². The second kappa shape index (κ2) is 7.61. The Morgan fingerprint density at radius 3 is 2.96 bits per heavy atom. The van der Waals surface area contributed by atoms with E-state index in [0.717, 1.165) is 15.7 Å². The lowest BCUT2D eigenvalue weighted by Gasteiger charge is -2.10. The third-order valence-electron chi connectivity index (χ3n) is 3.49. The maximum Gasteiger partial charge on any atom is 0.268 e. The zero-order valence-electron chi connectivity index (χ0n) is 13.2. The standard InChI is InChI=1S/C17H17IN4O2/c1-12-20-16(24-21-12)8-3-9-19-17(23)15-7-4-10-22(15)14-6-2-5-13(18)11-14/h2,4-7,10-11H,3,8-9H2,1H3,(H,19,23). The maximum atomic E-state index is 12.4. The van der Waals surface area contributed by atoms with Crippen LogP contribution in [0.1, 0.15) is 28.6 Å². The number of halogens is 1. The summed E-state index contributed by atoms with van der Waals surface area (Å²) in [4.78, 5) is 16.6. The summed E-state index contributed by atoms with van der Waals surface area (Å²) in [5.41, 5.74) is 1.59. The van der Waals surface area contributed by atoms with Crippen LogP contribution in [0.5, 0.6) is 0 Å². The lowest BCUT2D eigenvalue weighted by Crippen LogP contribution is -2.26. The van der Waals surface area contributed by atoms with Crippen molar-refractivity contribution in [2.24, 2.45) is 0 Å². The molecule has 1 aromatic carbocycles. The molecule has 7 heteroatoms. The van der Waals surface area contributed by atoms with Crippen LogP contribution < -0.4 is 5.32 Å². The highest BCUT2D eigenvalue weighted by Gasteiger charge is 2.12. The zero-order chi connectivity index (χ0) is 16.9. The van der Waals surface area contributed by atoms with Crippen molar-refractivity contribution in [3.05, 3.63) is 63.6 Å². The maximum absolute atomic E-state index is 12.4. The third-order valence-corrected chi connectivity index (χ3v) is 4.16. The summed E-state index contributed by atoms with van der Waals surface area (Å²) in [6.45, 7) is 2.34. The first-order chi connectivity index (χ1) is 11.6. The van der Waals surface area contributed by atoms with Crippen molar-refractivity contribution in [3.8, 4) is 5.69 Å². The Bertz CT molecular complexity index is 840. The number of benzene rings is 1. The molecule has 0 radical (unpaired) electrons. The van der Waals surface area contributed by atoms with Gasteiger partial charge in [0.2, 0.25) is 5.89 Å². The summed E-state index contributed by atoms with van der Waals surface area (Å²) in [5, 5.41) is 6.68. The Balaban J connectivity index is 1.59. The predicted octanol–water partition coefficient (Wildman–Crippen LogP) is 3.14. The summed E-state index contributed by atoms with van der Waals surface area (Å²) in [7, 11) is 0. The van der Waals surface area contributed by atoms with Gasteiger partial charge in [-0.05, 0) is 66.3 Å². The first-order valence-corrected chi connectivity index (χ1v) is 8.72. The topological polar surface area (TPSA) is 73.0 Å².